The fraction of sp³-hybridized carbons (Fsp3) is 0.533. The zero-order valence-corrected chi connectivity index (χ0v) is 12.2. The molecular formula is C15H23NO3. The maximum absolute atomic E-state index is 11.4. The van der Waals surface area contributed by atoms with Gasteiger partial charge in [0.15, 0.2) is 0 Å². The van der Waals surface area contributed by atoms with Crippen molar-refractivity contribution in [3.05, 3.63) is 29.8 Å². The van der Waals surface area contributed by atoms with E-state index in [9.17, 15) is 4.79 Å². The molecular weight excluding hydrogens is 242 g/mol. The Balaban J connectivity index is 2.81. The van der Waals surface area contributed by atoms with E-state index in [2.05, 4.69) is 18.7 Å². The number of benzene rings is 1. The molecule has 4 heteroatoms. The molecule has 0 N–H and O–H groups in total. The summed E-state index contributed by atoms with van der Waals surface area (Å²) in [6.45, 7) is 7.68. The maximum atomic E-state index is 11.4. The molecule has 0 atom stereocenters. The summed E-state index contributed by atoms with van der Waals surface area (Å²) in [7, 11) is 1.41. The molecule has 0 heterocycles. The van der Waals surface area contributed by atoms with Crippen LogP contribution >= 0.6 is 0 Å². The molecule has 19 heavy (non-hydrogen) atoms. The number of esters is 1. The number of para-hydroxylation sites is 1. The number of rotatable bonds is 7. The quantitative estimate of drug-likeness (QED) is 0.710. The van der Waals surface area contributed by atoms with Crippen molar-refractivity contribution < 1.29 is 14.3 Å². The minimum atomic E-state index is -0.220. The van der Waals surface area contributed by atoms with Crippen LogP contribution in [0.2, 0.25) is 0 Å². The molecule has 0 saturated heterocycles. The van der Waals surface area contributed by atoms with Crippen molar-refractivity contribution in [3.63, 3.8) is 0 Å². The number of hydrogen-bond acceptors (Lipinski definition) is 4. The number of carbonyl (C=O) groups excluding carboxylic acids is 1. The van der Waals surface area contributed by atoms with Gasteiger partial charge in [0.25, 0.3) is 0 Å². The third kappa shape index (κ3) is 4.91. The van der Waals surface area contributed by atoms with Gasteiger partial charge in [0, 0.05) is 18.2 Å². The molecule has 106 valence electrons. The Hall–Kier alpha value is -1.55. The largest absolute Gasteiger partial charge is 0.494 e. The molecule has 0 radical (unpaired) electrons. The highest BCUT2D eigenvalue weighted by atomic mass is 16.5. The molecule has 1 rings (SSSR count). The highest BCUT2D eigenvalue weighted by molar-refractivity contribution is 5.71. The summed E-state index contributed by atoms with van der Waals surface area (Å²) in [6, 6.07) is 8.17. The summed E-state index contributed by atoms with van der Waals surface area (Å²) in [5, 5.41) is 0. The molecule has 0 aliphatic carbocycles. The fourth-order valence-corrected chi connectivity index (χ4v) is 1.80. The minimum absolute atomic E-state index is 0.220. The van der Waals surface area contributed by atoms with E-state index >= 15 is 0 Å². The SMILES string of the molecule is CCOc1ccccc1CN(CC(=O)OC)C(C)C. The van der Waals surface area contributed by atoms with E-state index in [1.165, 1.54) is 7.11 Å². The van der Waals surface area contributed by atoms with Crippen LogP contribution in [-0.2, 0) is 16.1 Å². The fourth-order valence-electron chi connectivity index (χ4n) is 1.80. The highest BCUT2D eigenvalue weighted by Gasteiger charge is 2.16. The van der Waals surface area contributed by atoms with Crippen molar-refractivity contribution in [1.82, 2.24) is 4.90 Å². The second-order valence-electron chi connectivity index (χ2n) is 4.62. The molecule has 0 saturated carbocycles. The molecule has 0 bridgehead atoms. The van der Waals surface area contributed by atoms with E-state index < -0.39 is 0 Å². The van der Waals surface area contributed by atoms with Crippen LogP contribution < -0.4 is 4.74 Å². The van der Waals surface area contributed by atoms with E-state index in [1.807, 2.05) is 31.2 Å². The van der Waals surface area contributed by atoms with Crippen molar-refractivity contribution >= 4 is 5.97 Å². The Morgan fingerprint density at radius 1 is 1.32 bits per heavy atom. The molecule has 1 aromatic carbocycles. The Kier molecular flexibility index (Phi) is 6.36. The van der Waals surface area contributed by atoms with Gasteiger partial charge in [0.1, 0.15) is 5.75 Å². The summed E-state index contributed by atoms with van der Waals surface area (Å²) in [5.41, 5.74) is 1.09. The van der Waals surface area contributed by atoms with Crippen molar-refractivity contribution in [3.8, 4) is 5.75 Å². The zero-order valence-electron chi connectivity index (χ0n) is 12.2. The second kappa shape index (κ2) is 7.79. The molecule has 1 aromatic rings. The van der Waals surface area contributed by atoms with Crippen LogP contribution in [0.1, 0.15) is 26.3 Å². The maximum Gasteiger partial charge on any atom is 0.319 e. The van der Waals surface area contributed by atoms with Crippen LogP contribution in [0.4, 0.5) is 0 Å². The zero-order chi connectivity index (χ0) is 14.3. The predicted octanol–water partition coefficient (Wildman–Crippen LogP) is 2.47. The molecule has 0 aromatic heterocycles. The Bertz CT molecular complexity index is 404. The lowest BCUT2D eigenvalue weighted by molar-refractivity contribution is -0.142. The normalized spacial score (nSPS) is 10.8. The number of nitrogens with zero attached hydrogens (tertiary/aromatic N) is 1. The van der Waals surface area contributed by atoms with E-state index in [-0.39, 0.29) is 18.6 Å². The van der Waals surface area contributed by atoms with Crippen LogP contribution in [0.15, 0.2) is 24.3 Å². The Labute approximate surface area is 115 Å². The Morgan fingerprint density at radius 3 is 2.58 bits per heavy atom. The van der Waals surface area contributed by atoms with Gasteiger partial charge in [-0.1, -0.05) is 18.2 Å². The number of hydrogen-bond donors (Lipinski definition) is 0. The van der Waals surface area contributed by atoms with Gasteiger partial charge < -0.3 is 9.47 Å². The van der Waals surface area contributed by atoms with Gasteiger partial charge in [-0.15, -0.1) is 0 Å². The average Bonchev–Trinajstić information content (AvgIpc) is 2.40. The summed E-state index contributed by atoms with van der Waals surface area (Å²) >= 11 is 0. The molecule has 0 aliphatic heterocycles. The predicted molar refractivity (Wildman–Crippen MR) is 75.2 cm³/mol. The molecule has 0 fully saturated rings. The van der Waals surface area contributed by atoms with Gasteiger partial charge in [-0.25, -0.2) is 0 Å². The molecule has 0 unspecified atom stereocenters. The first-order valence-electron chi connectivity index (χ1n) is 6.60. The standard InChI is InChI=1S/C15H23NO3/c1-5-19-14-9-7-6-8-13(14)10-16(12(2)3)11-15(17)18-4/h6-9,12H,5,10-11H2,1-4H3. The van der Waals surface area contributed by atoms with E-state index in [0.717, 1.165) is 11.3 Å². The molecule has 4 nitrogen and oxygen atoms in total. The van der Waals surface area contributed by atoms with Crippen molar-refractivity contribution in [2.24, 2.45) is 0 Å². The summed E-state index contributed by atoms with van der Waals surface area (Å²) < 4.78 is 10.3. The van der Waals surface area contributed by atoms with Gasteiger partial charge in [0.05, 0.1) is 20.3 Å². The topological polar surface area (TPSA) is 38.8 Å². The van der Waals surface area contributed by atoms with Crippen LogP contribution in [0.25, 0.3) is 0 Å². The average molecular weight is 265 g/mol. The number of carbonyl (C=O) groups is 1. The van der Waals surface area contributed by atoms with Crippen molar-refractivity contribution in [2.45, 2.75) is 33.4 Å². The first-order valence-corrected chi connectivity index (χ1v) is 6.60. The minimum Gasteiger partial charge on any atom is -0.494 e. The third-order valence-electron chi connectivity index (χ3n) is 2.94. The van der Waals surface area contributed by atoms with Crippen LogP contribution in [0.3, 0.4) is 0 Å². The highest BCUT2D eigenvalue weighted by Crippen LogP contribution is 2.20. The molecule has 0 spiro atoms. The monoisotopic (exact) mass is 265 g/mol. The first-order chi connectivity index (χ1) is 9.08. The molecule has 0 aliphatic rings. The number of methoxy groups -OCH3 is 1. The summed E-state index contributed by atoms with van der Waals surface area (Å²) in [6.07, 6.45) is 0. The number of ether oxygens (including phenoxy) is 2. The lowest BCUT2D eigenvalue weighted by Gasteiger charge is -2.26. The van der Waals surface area contributed by atoms with Crippen molar-refractivity contribution in [2.75, 3.05) is 20.3 Å². The summed E-state index contributed by atoms with van der Waals surface area (Å²) in [5.74, 6) is 0.656. The summed E-state index contributed by atoms with van der Waals surface area (Å²) in [4.78, 5) is 13.5. The Morgan fingerprint density at radius 2 is 2.00 bits per heavy atom. The van der Waals surface area contributed by atoms with Crippen LogP contribution in [-0.4, -0.2) is 37.2 Å². The van der Waals surface area contributed by atoms with Crippen LogP contribution in [0.5, 0.6) is 5.75 Å². The van der Waals surface area contributed by atoms with E-state index in [1.54, 1.807) is 0 Å². The van der Waals surface area contributed by atoms with E-state index in [0.29, 0.717) is 13.2 Å². The van der Waals surface area contributed by atoms with Gasteiger partial charge >= 0.3 is 5.97 Å². The third-order valence-corrected chi connectivity index (χ3v) is 2.94. The van der Waals surface area contributed by atoms with Gasteiger partial charge in [-0.2, -0.15) is 0 Å². The lowest BCUT2D eigenvalue weighted by Crippen LogP contribution is -2.35. The second-order valence-corrected chi connectivity index (χ2v) is 4.62. The smallest absolute Gasteiger partial charge is 0.319 e. The van der Waals surface area contributed by atoms with Crippen LogP contribution in [0, 0.1) is 0 Å². The molecule has 0 amide bonds. The lowest BCUT2D eigenvalue weighted by atomic mass is 10.1. The van der Waals surface area contributed by atoms with Gasteiger partial charge in [-0.05, 0) is 26.8 Å². The van der Waals surface area contributed by atoms with Gasteiger partial charge in [0.2, 0.25) is 0 Å². The van der Waals surface area contributed by atoms with E-state index in [4.69, 9.17) is 9.47 Å². The van der Waals surface area contributed by atoms with Crippen molar-refractivity contribution in [1.29, 1.82) is 0 Å². The first kappa shape index (κ1) is 15.5. The van der Waals surface area contributed by atoms with Gasteiger partial charge in [-0.3, -0.25) is 9.69 Å².